The maximum atomic E-state index is 12.3. The quantitative estimate of drug-likeness (QED) is 0.545. The molecule has 1 aromatic heterocycles. The molecule has 2 heterocycles. The van der Waals surface area contributed by atoms with Crippen LogP contribution in [-0.4, -0.2) is 29.3 Å². The van der Waals surface area contributed by atoms with E-state index in [0.29, 0.717) is 23.2 Å². The lowest BCUT2D eigenvalue weighted by atomic mass is 9.93. The van der Waals surface area contributed by atoms with E-state index in [2.05, 4.69) is 4.98 Å². The van der Waals surface area contributed by atoms with Gasteiger partial charge in [0.2, 0.25) is 5.78 Å². The van der Waals surface area contributed by atoms with Crippen molar-refractivity contribution >= 4 is 17.7 Å². The highest BCUT2D eigenvalue weighted by Gasteiger charge is 2.28. The third-order valence-corrected chi connectivity index (χ3v) is 4.62. The summed E-state index contributed by atoms with van der Waals surface area (Å²) in [6.45, 7) is -0.356. The van der Waals surface area contributed by atoms with Gasteiger partial charge in [0.15, 0.2) is 6.61 Å². The van der Waals surface area contributed by atoms with Gasteiger partial charge in [-0.25, -0.2) is 9.59 Å². The molecule has 28 heavy (non-hydrogen) atoms. The number of carbonyl (C=O) groups is 3. The molecule has 0 amide bonds. The topological polar surface area (TPSA) is 85.5 Å². The van der Waals surface area contributed by atoms with Crippen LogP contribution in [0.1, 0.15) is 48.4 Å². The van der Waals surface area contributed by atoms with Crippen LogP contribution in [0.15, 0.2) is 66.9 Å². The molecule has 0 bridgehead atoms. The van der Waals surface area contributed by atoms with Gasteiger partial charge in [0.25, 0.3) is 0 Å². The maximum Gasteiger partial charge on any atom is 0.339 e. The minimum atomic E-state index is -0.613. The van der Waals surface area contributed by atoms with Crippen molar-refractivity contribution < 1.29 is 23.9 Å². The Bertz CT molecular complexity index is 1020. The van der Waals surface area contributed by atoms with E-state index in [0.717, 1.165) is 11.1 Å². The van der Waals surface area contributed by atoms with E-state index in [9.17, 15) is 14.4 Å². The molecule has 1 N–H and O–H groups in total. The highest BCUT2D eigenvalue weighted by atomic mass is 16.5. The number of fused-ring (bicyclic) bond motifs is 1. The zero-order valence-corrected chi connectivity index (χ0v) is 14.9. The van der Waals surface area contributed by atoms with Crippen LogP contribution in [0, 0.1) is 0 Å². The SMILES string of the molecule is O=C(OCC(=O)c1ccc[nH]1)c1ccc2c(c1)CC(c1ccccc1)OC2=O. The second kappa shape index (κ2) is 7.52. The number of aromatic amines is 1. The van der Waals surface area contributed by atoms with E-state index in [1.165, 1.54) is 6.07 Å². The first-order valence-corrected chi connectivity index (χ1v) is 8.84. The van der Waals surface area contributed by atoms with E-state index in [1.807, 2.05) is 30.3 Å². The first kappa shape index (κ1) is 17.7. The summed E-state index contributed by atoms with van der Waals surface area (Å²) in [5.41, 5.74) is 2.72. The third-order valence-electron chi connectivity index (χ3n) is 4.62. The Balaban J connectivity index is 1.49. The number of ketones is 1. The summed E-state index contributed by atoms with van der Waals surface area (Å²) in [6.07, 6.45) is 1.69. The summed E-state index contributed by atoms with van der Waals surface area (Å²) in [5, 5.41) is 0. The van der Waals surface area contributed by atoms with Gasteiger partial charge in [-0.15, -0.1) is 0 Å². The summed E-state index contributed by atoms with van der Waals surface area (Å²) in [4.78, 5) is 39.4. The van der Waals surface area contributed by atoms with Crippen molar-refractivity contribution in [2.45, 2.75) is 12.5 Å². The number of hydrogen-bond acceptors (Lipinski definition) is 5. The molecule has 140 valence electrons. The van der Waals surface area contributed by atoms with Gasteiger partial charge < -0.3 is 14.5 Å². The first-order valence-electron chi connectivity index (χ1n) is 8.84. The fourth-order valence-electron chi connectivity index (χ4n) is 3.17. The minimum Gasteiger partial charge on any atom is -0.454 e. The Hall–Kier alpha value is -3.67. The van der Waals surface area contributed by atoms with Crippen LogP contribution in [0.25, 0.3) is 0 Å². The zero-order valence-electron chi connectivity index (χ0n) is 14.9. The largest absolute Gasteiger partial charge is 0.454 e. The average Bonchev–Trinajstić information content (AvgIpc) is 3.27. The molecule has 1 aliphatic heterocycles. The molecule has 0 saturated carbocycles. The number of rotatable bonds is 5. The minimum absolute atomic E-state index is 0.291. The number of esters is 2. The van der Waals surface area contributed by atoms with Crippen LogP contribution in [0.2, 0.25) is 0 Å². The predicted molar refractivity (Wildman–Crippen MR) is 100 cm³/mol. The lowest BCUT2D eigenvalue weighted by molar-refractivity contribution is 0.0251. The molecule has 0 radical (unpaired) electrons. The number of H-pyrrole nitrogens is 1. The molecule has 0 saturated heterocycles. The highest BCUT2D eigenvalue weighted by Crippen LogP contribution is 2.31. The highest BCUT2D eigenvalue weighted by molar-refractivity contribution is 5.99. The molecule has 0 spiro atoms. The molecule has 4 rings (SSSR count). The van der Waals surface area contributed by atoms with Gasteiger partial charge in [0.1, 0.15) is 6.10 Å². The van der Waals surface area contributed by atoms with Crippen molar-refractivity contribution in [2.24, 2.45) is 0 Å². The van der Waals surface area contributed by atoms with E-state index in [-0.39, 0.29) is 12.4 Å². The first-order chi connectivity index (χ1) is 13.6. The molecule has 1 unspecified atom stereocenters. The van der Waals surface area contributed by atoms with Crippen molar-refractivity contribution in [3.63, 3.8) is 0 Å². The van der Waals surface area contributed by atoms with Crippen LogP contribution >= 0.6 is 0 Å². The van der Waals surface area contributed by atoms with E-state index >= 15 is 0 Å². The number of Topliss-reactive ketones (excluding diaryl/α,β-unsaturated/α-hetero) is 1. The van der Waals surface area contributed by atoms with Gasteiger partial charge in [0.05, 0.1) is 16.8 Å². The monoisotopic (exact) mass is 375 g/mol. The lowest BCUT2D eigenvalue weighted by Crippen LogP contribution is -2.22. The van der Waals surface area contributed by atoms with Crippen LogP contribution in [-0.2, 0) is 15.9 Å². The maximum absolute atomic E-state index is 12.3. The molecular formula is C22H17NO5. The zero-order chi connectivity index (χ0) is 19.5. The van der Waals surface area contributed by atoms with Gasteiger partial charge in [-0.05, 0) is 41.5 Å². The van der Waals surface area contributed by atoms with Crippen LogP contribution in [0.5, 0.6) is 0 Å². The van der Waals surface area contributed by atoms with Crippen LogP contribution in [0.3, 0.4) is 0 Å². The summed E-state index contributed by atoms with van der Waals surface area (Å²) >= 11 is 0. The molecule has 0 aliphatic carbocycles. The number of nitrogens with one attached hydrogen (secondary N) is 1. The molecule has 1 atom stereocenters. The van der Waals surface area contributed by atoms with E-state index in [4.69, 9.17) is 9.47 Å². The summed E-state index contributed by atoms with van der Waals surface area (Å²) < 4.78 is 10.6. The number of ether oxygens (including phenoxy) is 2. The Morgan fingerprint density at radius 3 is 2.64 bits per heavy atom. The number of cyclic esters (lactones) is 1. The molecular weight excluding hydrogens is 358 g/mol. The van der Waals surface area contributed by atoms with Gasteiger partial charge in [-0.3, -0.25) is 4.79 Å². The molecule has 6 nitrogen and oxygen atoms in total. The fraction of sp³-hybridized carbons (Fsp3) is 0.136. The normalized spacial score (nSPS) is 15.4. The lowest BCUT2D eigenvalue weighted by Gasteiger charge is -2.25. The number of hydrogen-bond donors (Lipinski definition) is 1. The van der Waals surface area contributed by atoms with E-state index < -0.39 is 18.0 Å². The second-order valence-corrected chi connectivity index (χ2v) is 6.46. The average molecular weight is 375 g/mol. The third kappa shape index (κ3) is 3.57. The van der Waals surface area contributed by atoms with Crippen molar-refractivity contribution in [3.8, 4) is 0 Å². The van der Waals surface area contributed by atoms with Gasteiger partial charge >= 0.3 is 11.9 Å². The van der Waals surface area contributed by atoms with Crippen molar-refractivity contribution in [2.75, 3.05) is 6.61 Å². The standard InChI is InChI=1S/C22H17NO5/c24-19(18-7-4-10-23-18)13-27-21(25)15-8-9-17-16(11-15)12-20(28-22(17)26)14-5-2-1-3-6-14/h1-11,20,23H,12-13H2. The van der Waals surface area contributed by atoms with E-state index in [1.54, 1.807) is 30.5 Å². The summed E-state index contributed by atoms with van der Waals surface area (Å²) in [6, 6.07) is 17.5. The van der Waals surface area contributed by atoms with Crippen LogP contribution in [0.4, 0.5) is 0 Å². The molecule has 3 aromatic rings. The number of benzene rings is 2. The Kier molecular flexibility index (Phi) is 4.76. The summed E-state index contributed by atoms with van der Waals surface area (Å²) in [7, 11) is 0. The predicted octanol–water partition coefficient (Wildman–Crippen LogP) is 3.51. The Morgan fingerprint density at radius 1 is 1.07 bits per heavy atom. The van der Waals surface area contributed by atoms with Crippen LogP contribution < -0.4 is 0 Å². The van der Waals surface area contributed by atoms with Crippen molar-refractivity contribution in [3.05, 3.63) is 94.8 Å². The molecule has 2 aromatic carbocycles. The van der Waals surface area contributed by atoms with Gasteiger partial charge in [0, 0.05) is 12.6 Å². The Labute approximate surface area is 161 Å². The smallest absolute Gasteiger partial charge is 0.339 e. The fourth-order valence-corrected chi connectivity index (χ4v) is 3.17. The van der Waals surface area contributed by atoms with Crippen molar-refractivity contribution in [1.82, 2.24) is 4.98 Å². The molecule has 6 heteroatoms. The second-order valence-electron chi connectivity index (χ2n) is 6.46. The summed E-state index contributed by atoms with van der Waals surface area (Å²) in [5.74, 6) is -1.35. The van der Waals surface area contributed by atoms with Gasteiger partial charge in [-0.2, -0.15) is 0 Å². The Morgan fingerprint density at radius 2 is 1.89 bits per heavy atom. The van der Waals surface area contributed by atoms with Gasteiger partial charge in [-0.1, -0.05) is 30.3 Å². The number of carbonyl (C=O) groups excluding carboxylic acids is 3. The molecule has 0 fully saturated rings. The number of aromatic nitrogens is 1. The van der Waals surface area contributed by atoms with Crippen molar-refractivity contribution in [1.29, 1.82) is 0 Å². The molecule has 1 aliphatic rings.